The molecule has 0 aliphatic heterocycles. The zero-order valence-electron chi connectivity index (χ0n) is 13.4. The van der Waals surface area contributed by atoms with Crippen molar-refractivity contribution in [3.05, 3.63) is 47.2 Å². The van der Waals surface area contributed by atoms with E-state index in [0.29, 0.717) is 22.0 Å². The zero-order valence-corrected chi connectivity index (χ0v) is 14.1. The second-order valence-electron chi connectivity index (χ2n) is 5.22. The third-order valence-corrected chi connectivity index (χ3v) is 3.73. The Hall–Kier alpha value is -2.27. The molecule has 0 fully saturated rings. The van der Waals surface area contributed by atoms with Crippen LogP contribution in [0.25, 0.3) is 0 Å². The number of pyridine rings is 1. The molecule has 2 rings (SSSR count). The van der Waals surface area contributed by atoms with Gasteiger partial charge in [0.25, 0.3) is 5.91 Å². The summed E-state index contributed by atoms with van der Waals surface area (Å²) in [5.74, 6) is 0.472. The first-order valence-corrected chi connectivity index (χ1v) is 7.77. The molecule has 1 heterocycles. The van der Waals surface area contributed by atoms with Gasteiger partial charge in [-0.3, -0.25) is 9.78 Å². The van der Waals surface area contributed by atoms with Crippen LogP contribution in [-0.4, -0.2) is 24.0 Å². The minimum atomic E-state index is -0.136. The summed E-state index contributed by atoms with van der Waals surface area (Å²) >= 11 is 6.11. The monoisotopic (exact) mass is 333 g/mol. The summed E-state index contributed by atoms with van der Waals surface area (Å²) in [7, 11) is 1.57. The van der Waals surface area contributed by atoms with E-state index < -0.39 is 0 Å². The molecule has 0 saturated heterocycles. The van der Waals surface area contributed by atoms with Gasteiger partial charge in [-0.25, -0.2) is 0 Å². The van der Waals surface area contributed by atoms with Crippen molar-refractivity contribution in [2.45, 2.75) is 26.3 Å². The van der Waals surface area contributed by atoms with Crippen molar-refractivity contribution in [1.82, 2.24) is 10.3 Å². The number of hydrogen-bond donors (Lipinski definition) is 2. The third-order valence-electron chi connectivity index (χ3n) is 3.43. The Morgan fingerprint density at radius 1 is 1.30 bits per heavy atom. The van der Waals surface area contributed by atoms with Gasteiger partial charge in [0, 0.05) is 17.9 Å². The van der Waals surface area contributed by atoms with Crippen LogP contribution < -0.4 is 15.4 Å². The Morgan fingerprint density at radius 2 is 2.09 bits per heavy atom. The van der Waals surface area contributed by atoms with Crippen molar-refractivity contribution in [1.29, 1.82) is 0 Å². The van der Waals surface area contributed by atoms with Crippen LogP contribution in [0.15, 0.2) is 36.7 Å². The van der Waals surface area contributed by atoms with Crippen LogP contribution in [0.3, 0.4) is 0 Å². The smallest absolute Gasteiger partial charge is 0.253 e. The van der Waals surface area contributed by atoms with E-state index in [1.54, 1.807) is 37.7 Å². The minimum absolute atomic E-state index is 0.125. The van der Waals surface area contributed by atoms with Crippen molar-refractivity contribution in [3.63, 3.8) is 0 Å². The number of benzene rings is 1. The zero-order chi connectivity index (χ0) is 16.8. The maximum atomic E-state index is 12.1. The Balaban J connectivity index is 2.13. The molecule has 0 aliphatic rings. The number of hydrogen-bond acceptors (Lipinski definition) is 4. The molecule has 1 aromatic carbocycles. The predicted octanol–water partition coefficient (Wildman–Crippen LogP) is 4.02. The standard InChI is InChI=1S/C17H20ClN3O2/c1-4-11(2)20-17(22)12-7-14(10-19-9-12)21-13-5-6-16(23-3)15(18)8-13/h5-11,21H,4H2,1-3H3,(H,20,22). The lowest BCUT2D eigenvalue weighted by molar-refractivity contribution is 0.0939. The van der Waals surface area contributed by atoms with Crippen molar-refractivity contribution in [2.75, 3.05) is 12.4 Å². The van der Waals surface area contributed by atoms with Crippen LogP contribution in [0.5, 0.6) is 5.75 Å². The number of aromatic nitrogens is 1. The highest BCUT2D eigenvalue weighted by atomic mass is 35.5. The van der Waals surface area contributed by atoms with Crippen LogP contribution in [0.2, 0.25) is 5.02 Å². The fourth-order valence-corrected chi connectivity index (χ4v) is 2.21. The summed E-state index contributed by atoms with van der Waals surface area (Å²) in [5, 5.41) is 6.60. The van der Waals surface area contributed by atoms with Crippen molar-refractivity contribution < 1.29 is 9.53 Å². The molecule has 0 spiro atoms. The molecular weight excluding hydrogens is 314 g/mol. The van der Waals surface area contributed by atoms with Crippen LogP contribution in [0.4, 0.5) is 11.4 Å². The van der Waals surface area contributed by atoms with Crippen LogP contribution in [0.1, 0.15) is 30.6 Å². The van der Waals surface area contributed by atoms with Gasteiger partial charge < -0.3 is 15.4 Å². The molecule has 23 heavy (non-hydrogen) atoms. The predicted molar refractivity (Wildman–Crippen MR) is 92.7 cm³/mol. The minimum Gasteiger partial charge on any atom is -0.495 e. The molecule has 5 nitrogen and oxygen atoms in total. The van der Waals surface area contributed by atoms with Crippen molar-refractivity contribution in [3.8, 4) is 5.75 Å². The number of carbonyl (C=O) groups is 1. The molecular formula is C17H20ClN3O2. The van der Waals surface area contributed by atoms with Gasteiger partial charge >= 0.3 is 0 Å². The molecule has 1 unspecified atom stereocenters. The first-order valence-electron chi connectivity index (χ1n) is 7.40. The number of carbonyl (C=O) groups excluding carboxylic acids is 1. The second kappa shape index (κ2) is 7.83. The average molecular weight is 334 g/mol. The van der Waals surface area contributed by atoms with Gasteiger partial charge in [-0.1, -0.05) is 18.5 Å². The molecule has 6 heteroatoms. The maximum absolute atomic E-state index is 12.1. The molecule has 1 amide bonds. The van der Waals surface area contributed by atoms with Gasteiger partial charge in [-0.15, -0.1) is 0 Å². The number of anilines is 2. The fourth-order valence-electron chi connectivity index (χ4n) is 1.95. The first-order chi connectivity index (χ1) is 11.0. The van der Waals surface area contributed by atoms with E-state index in [9.17, 15) is 4.79 Å². The van der Waals surface area contributed by atoms with Crippen LogP contribution >= 0.6 is 11.6 Å². The largest absolute Gasteiger partial charge is 0.495 e. The number of rotatable bonds is 6. The van der Waals surface area contributed by atoms with E-state index in [-0.39, 0.29) is 11.9 Å². The summed E-state index contributed by atoms with van der Waals surface area (Å²) in [5.41, 5.74) is 2.01. The molecule has 0 radical (unpaired) electrons. The van der Waals surface area contributed by atoms with Crippen LogP contribution in [-0.2, 0) is 0 Å². The number of amides is 1. The Labute approximate surface area is 141 Å². The number of halogens is 1. The van der Waals surface area contributed by atoms with Gasteiger partial charge in [0.2, 0.25) is 0 Å². The van der Waals surface area contributed by atoms with E-state index in [0.717, 1.165) is 12.1 Å². The second-order valence-corrected chi connectivity index (χ2v) is 5.63. The normalized spacial score (nSPS) is 11.7. The number of ether oxygens (including phenoxy) is 1. The van der Waals surface area contributed by atoms with Crippen LogP contribution in [0, 0.1) is 0 Å². The van der Waals surface area contributed by atoms with E-state index in [1.807, 2.05) is 19.9 Å². The first kappa shape index (κ1) is 17.1. The summed E-state index contributed by atoms with van der Waals surface area (Å²) in [6.07, 6.45) is 4.07. The lowest BCUT2D eigenvalue weighted by Crippen LogP contribution is -2.31. The van der Waals surface area contributed by atoms with E-state index in [4.69, 9.17) is 16.3 Å². The molecule has 1 atom stereocenters. The molecule has 122 valence electrons. The molecule has 2 aromatic rings. The SMILES string of the molecule is CCC(C)NC(=O)c1cncc(Nc2ccc(OC)c(Cl)c2)c1. The average Bonchev–Trinajstić information content (AvgIpc) is 2.55. The number of nitrogens with zero attached hydrogens (tertiary/aromatic N) is 1. The highest BCUT2D eigenvalue weighted by Gasteiger charge is 2.10. The van der Waals surface area contributed by atoms with Crippen molar-refractivity contribution in [2.24, 2.45) is 0 Å². The quantitative estimate of drug-likeness (QED) is 0.838. The Bertz CT molecular complexity index is 691. The number of nitrogens with one attached hydrogen (secondary N) is 2. The maximum Gasteiger partial charge on any atom is 0.253 e. The highest BCUT2D eigenvalue weighted by Crippen LogP contribution is 2.28. The van der Waals surface area contributed by atoms with Gasteiger partial charge in [0.15, 0.2) is 0 Å². The van der Waals surface area contributed by atoms with Gasteiger partial charge in [0.05, 0.1) is 29.6 Å². The van der Waals surface area contributed by atoms with Gasteiger partial charge in [-0.2, -0.15) is 0 Å². The lowest BCUT2D eigenvalue weighted by Gasteiger charge is -2.12. The van der Waals surface area contributed by atoms with E-state index in [1.165, 1.54) is 0 Å². The van der Waals surface area contributed by atoms with Crippen molar-refractivity contribution >= 4 is 28.9 Å². The summed E-state index contributed by atoms with van der Waals surface area (Å²) in [6, 6.07) is 7.25. The van der Waals surface area contributed by atoms with Gasteiger partial charge in [0.1, 0.15) is 5.75 Å². The Morgan fingerprint density at radius 3 is 2.74 bits per heavy atom. The number of methoxy groups -OCH3 is 1. The van der Waals surface area contributed by atoms with Gasteiger partial charge in [-0.05, 0) is 37.6 Å². The topological polar surface area (TPSA) is 63.2 Å². The van der Waals surface area contributed by atoms with E-state index >= 15 is 0 Å². The summed E-state index contributed by atoms with van der Waals surface area (Å²) in [6.45, 7) is 3.99. The van der Waals surface area contributed by atoms with E-state index in [2.05, 4.69) is 15.6 Å². The fraction of sp³-hybridized carbons (Fsp3) is 0.294. The molecule has 0 saturated carbocycles. The third kappa shape index (κ3) is 4.60. The molecule has 0 aliphatic carbocycles. The lowest BCUT2D eigenvalue weighted by atomic mass is 10.2. The summed E-state index contributed by atoms with van der Waals surface area (Å²) < 4.78 is 5.12. The highest BCUT2D eigenvalue weighted by molar-refractivity contribution is 6.32. The molecule has 1 aromatic heterocycles. The molecule has 0 bridgehead atoms. The Kier molecular flexibility index (Phi) is 5.82. The molecule has 2 N–H and O–H groups in total. The summed E-state index contributed by atoms with van der Waals surface area (Å²) in [4.78, 5) is 16.2.